The van der Waals surface area contributed by atoms with Gasteiger partial charge in [0.15, 0.2) is 11.5 Å². The van der Waals surface area contributed by atoms with E-state index in [1.165, 1.54) is 55.7 Å². The first-order valence-corrected chi connectivity index (χ1v) is 13.5. The zero-order chi connectivity index (χ0) is 33.0. The molecule has 3 rings (SSSR count). The van der Waals surface area contributed by atoms with E-state index in [-0.39, 0.29) is 55.5 Å². The third kappa shape index (κ3) is 11.5. The number of halogens is 5. The summed E-state index contributed by atoms with van der Waals surface area (Å²) in [7, 11) is 1.21. The van der Waals surface area contributed by atoms with Crippen LogP contribution in [-0.4, -0.2) is 45.0 Å². The van der Waals surface area contributed by atoms with Crippen LogP contribution in [0.5, 0.6) is 17.2 Å². The van der Waals surface area contributed by atoms with Crippen LogP contribution < -0.4 is 25.7 Å². The number of alkyl halides is 5. The highest BCUT2D eigenvalue weighted by Gasteiger charge is 2.35. The number of hydrogen-bond acceptors (Lipinski definition) is 9. The lowest BCUT2D eigenvalue weighted by Gasteiger charge is -2.20. The molecule has 0 aliphatic carbocycles. The Bertz CT molecular complexity index is 1460. The average Bonchev–Trinajstić information content (AvgIpc) is 2.97. The van der Waals surface area contributed by atoms with Crippen molar-refractivity contribution < 1.29 is 55.2 Å². The Hall–Kier alpha value is -5.01. The summed E-state index contributed by atoms with van der Waals surface area (Å²) in [5.74, 6) is -1.55. The summed E-state index contributed by atoms with van der Waals surface area (Å²) in [6.45, 7) is -0.305. The van der Waals surface area contributed by atoms with Crippen LogP contribution in [-0.2, 0) is 20.4 Å². The average molecular weight is 639 g/mol. The Balaban J connectivity index is 1.44. The van der Waals surface area contributed by atoms with Gasteiger partial charge in [-0.1, -0.05) is 12.1 Å². The van der Waals surface area contributed by atoms with E-state index in [0.717, 1.165) is 24.3 Å². The van der Waals surface area contributed by atoms with Crippen molar-refractivity contribution in [2.24, 2.45) is 0 Å². The summed E-state index contributed by atoms with van der Waals surface area (Å²) in [5.41, 5.74) is 12.1. The topological polar surface area (TPSA) is 132 Å². The molecule has 0 atom stereocenters. The molecule has 4 N–H and O–H groups in total. The Labute approximate surface area is 255 Å². The van der Waals surface area contributed by atoms with E-state index in [1.807, 2.05) is 0 Å². The zero-order valence-electron chi connectivity index (χ0n) is 24.1. The fraction of sp³-hybridized carbons (Fsp3) is 0.290. The van der Waals surface area contributed by atoms with E-state index in [1.54, 1.807) is 0 Å². The molecule has 0 saturated carbocycles. The minimum absolute atomic E-state index is 0.00725. The Morgan fingerprint density at radius 3 is 2.11 bits per heavy atom. The zero-order valence-corrected chi connectivity index (χ0v) is 24.1. The number of nitrogens with two attached hydrogens (primary N) is 2. The fourth-order valence-corrected chi connectivity index (χ4v) is 3.76. The normalized spacial score (nSPS) is 11.7. The molecular weight excluding hydrogens is 607 g/mol. The van der Waals surface area contributed by atoms with Crippen molar-refractivity contribution in [1.29, 1.82) is 0 Å². The first-order valence-electron chi connectivity index (χ1n) is 13.5. The molecule has 14 heteroatoms. The molecular formula is C31H31F5N2O7. The van der Waals surface area contributed by atoms with E-state index < -0.39 is 36.2 Å². The highest BCUT2D eigenvalue weighted by atomic mass is 19.4. The van der Waals surface area contributed by atoms with Gasteiger partial charge in [-0.2, -0.15) is 22.0 Å². The summed E-state index contributed by atoms with van der Waals surface area (Å²) >= 11 is 0. The predicted molar refractivity (Wildman–Crippen MR) is 155 cm³/mol. The monoisotopic (exact) mass is 638 g/mol. The summed E-state index contributed by atoms with van der Waals surface area (Å²) in [4.78, 5) is 24.0. The van der Waals surface area contributed by atoms with Gasteiger partial charge in [0.05, 0.1) is 38.1 Å². The van der Waals surface area contributed by atoms with E-state index in [9.17, 15) is 31.5 Å². The minimum Gasteiger partial charge on any atom is -0.493 e. The Kier molecular flexibility index (Phi) is 12.0. The molecule has 3 aromatic carbocycles. The van der Waals surface area contributed by atoms with Crippen LogP contribution in [0.4, 0.5) is 33.3 Å². The van der Waals surface area contributed by atoms with Gasteiger partial charge in [0.2, 0.25) is 0 Å². The van der Waals surface area contributed by atoms with Crippen LogP contribution in [0.2, 0.25) is 0 Å². The van der Waals surface area contributed by atoms with Gasteiger partial charge in [0, 0.05) is 30.3 Å². The van der Waals surface area contributed by atoms with Crippen LogP contribution in [0.25, 0.3) is 6.08 Å². The van der Waals surface area contributed by atoms with Gasteiger partial charge in [0.25, 0.3) is 0 Å². The Morgan fingerprint density at radius 2 is 1.47 bits per heavy atom. The quantitative estimate of drug-likeness (QED) is 0.0628. The van der Waals surface area contributed by atoms with Crippen LogP contribution in [0, 0.1) is 0 Å². The van der Waals surface area contributed by atoms with Crippen LogP contribution >= 0.6 is 0 Å². The number of carbonyl (C=O) groups is 2. The second-order valence-corrected chi connectivity index (χ2v) is 9.50. The predicted octanol–water partition coefficient (Wildman–Crippen LogP) is 6.51. The highest BCUT2D eigenvalue weighted by molar-refractivity contribution is 5.91. The van der Waals surface area contributed by atoms with E-state index in [2.05, 4.69) is 0 Å². The molecule has 0 unspecified atom stereocenters. The van der Waals surface area contributed by atoms with E-state index >= 15 is 0 Å². The van der Waals surface area contributed by atoms with Crippen molar-refractivity contribution in [3.63, 3.8) is 0 Å². The maximum absolute atomic E-state index is 14.9. The van der Waals surface area contributed by atoms with Crippen molar-refractivity contribution >= 4 is 29.4 Å². The molecule has 0 aromatic heterocycles. The van der Waals surface area contributed by atoms with Crippen molar-refractivity contribution in [2.75, 3.05) is 38.4 Å². The van der Waals surface area contributed by atoms with Crippen molar-refractivity contribution in [2.45, 2.75) is 31.5 Å². The van der Waals surface area contributed by atoms with Crippen molar-refractivity contribution in [3.8, 4) is 17.2 Å². The molecule has 45 heavy (non-hydrogen) atoms. The standard InChI is InChI=1S/C31H31F5N2O7/c1-41-27-18-22(7-10-26(27)42-13-2-12-30(32,33)34)31(35,36)45-25-8-4-20(5-9-25)6-11-28(39)43-14-3-15-44-29(40)21-16-23(37)19-24(38)17-21/h4-11,16-19H,2-3,12-15,37-38H2,1H3/b11-6+. The van der Waals surface area contributed by atoms with Crippen LogP contribution in [0.15, 0.2) is 66.7 Å². The van der Waals surface area contributed by atoms with Gasteiger partial charge in [-0.25, -0.2) is 9.59 Å². The SMILES string of the molecule is COc1cc(C(F)(F)Oc2ccc(/C=C/C(=O)OCCCOC(=O)c3cc(N)cc(N)c3)cc2)ccc1OCCCC(F)(F)F. The molecule has 0 fully saturated rings. The summed E-state index contributed by atoms with van der Waals surface area (Å²) < 4.78 is 91.9. The molecule has 0 saturated heterocycles. The summed E-state index contributed by atoms with van der Waals surface area (Å²) in [6, 6.07) is 12.9. The van der Waals surface area contributed by atoms with Gasteiger partial charge in [-0.3, -0.25) is 0 Å². The van der Waals surface area contributed by atoms with E-state index in [4.69, 9.17) is 35.2 Å². The number of hydrogen-bond donors (Lipinski definition) is 2. The number of rotatable bonds is 15. The minimum atomic E-state index is -4.33. The third-order valence-electron chi connectivity index (χ3n) is 5.88. The number of nitrogen functional groups attached to an aromatic ring is 2. The molecule has 0 spiro atoms. The smallest absolute Gasteiger partial charge is 0.426 e. The number of esters is 2. The second-order valence-electron chi connectivity index (χ2n) is 9.50. The number of benzene rings is 3. The maximum Gasteiger partial charge on any atom is 0.426 e. The Morgan fingerprint density at radius 1 is 0.800 bits per heavy atom. The van der Waals surface area contributed by atoms with Gasteiger partial charge in [-0.05, 0) is 66.6 Å². The van der Waals surface area contributed by atoms with Crippen LogP contribution in [0.3, 0.4) is 0 Å². The first-order chi connectivity index (χ1) is 21.3. The number of anilines is 2. The lowest BCUT2D eigenvalue weighted by atomic mass is 10.1. The lowest BCUT2D eigenvalue weighted by Crippen LogP contribution is -2.22. The van der Waals surface area contributed by atoms with Gasteiger partial charge >= 0.3 is 24.2 Å². The van der Waals surface area contributed by atoms with Gasteiger partial charge in [-0.15, -0.1) is 0 Å². The molecule has 0 radical (unpaired) electrons. The third-order valence-corrected chi connectivity index (χ3v) is 5.88. The fourth-order valence-electron chi connectivity index (χ4n) is 3.76. The first kappa shape index (κ1) is 34.5. The van der Waals surface area contributed by atoms with Crippen molar-refractivity contribution in [3.05, 3.63) is 83.4 Å². The van der Waals surface area contributed by atoms with Gasteiger partial charge < -0.3 is 35.2 Å². The maximum atomic E-state index is 14.9. The van der Waals surface area contributed by atoms with E-state index in [0.29, 0.717) is 16.9 Å². The highest BCUT2D eigenvalue weighted by Crippen LogP contribution is 2.37. The lowest BCUT2D eigenvalue weighted by molar-refractivity contribution is -0.185. The molecule has 0 aliphatic rings. The molecule has 0 bridgehead atoms. The second kappa shape index (κ2) is 15.6. The number of ether oxygens (including phenoxy) is 5. The molecule has 9 nitrogen and oxygen atoms in total. The molecule has 242 valence electrons. The van der Waals surface area contributed by atoms with Crippen molar-refractivity contribution in [1.82, 2.24) is 0 Å². The largest absolute Gasteiger partial charge is 0.493 e. The van der Waals surface area contributed by atoms with Gasteiger partial charge in [0.1, 0.15) is 5.75 Å². The molecule has 3 aromatic rings. The molecule has 0 aliphatic heterocycles. The number of carbonyl (C=O) groups excluding carboxylic acids is 2. The van der Waals surface area contributed by atoms with Crippen LogP contribution in [0.1, 0.15) is 40.7 Å². The summed E-state index contributed by atoms with van der Waals surface area (Å²) in [5, 5.41) is 0. The summed E-state index contributed by atoms with van der Waals surface area (Å²) in [6.07, 6.45) is -6.66. The molecule has 0 heterocycles. The number of methoxy groups -OCH3 is 1. The molecule has 0 amide bonds.